The zero-order valence-electron chi connectivity index (χ0n) is 8.47. The van der Waals surface area contributed by atoms with Crippen LogP contribution in [-0.4, -0.2) is 31.3 Å². The van der Waals surface area contributed by atoms with Crippen LogP contribution < -0.4 is 0 Å². The molecule has 0 bridgehead atoms. The van der Waals surface area contributed by atoms with Crippen molar-refractivity contribution in [3.63, 3.8) is 0 Å². The number of carbonyl (C=O) groups is 1. The van der Waals surface area contributed by atoms with E-state index >= 15 is 0 Å². The highest BCUT2D eigenvalue weighted by Crippen LogP contribution is 2.37. The lowest BCUT2D eigenvalue weighted by Crippen LogP contribution is -2.23. The van der Waals surface area contributed by atoms with Crippen molar-refractivity contribution in [2.45, 2.75) is 13.1 Å². The number of ether oxygens (including phenoxy) is 1. The fourth-order valence-corrected chi connectivity index (χ4v) is 2.28. The van der Waals surface area contributed by atoms with Gasteiger partial charge in [0.1, 0.15) is 0 Å². The summed E-state index contributed by atoms with van der Waals surface area (Å²) in [5.41, 5.74) is -1.22. The predicted octanol–water partition coefficient (Wildman–Crippen LogP) is 3.05. The highest BCUT2D eigenvalue weighted by molar-refractivity contribution is 8.21. The van der Waals surface area contributed by atoms with E-state index in [-0.39, 0.29) is 10.8 Å². The number of hydrogen-bond donors (Lipinski definition) is 0. The van der Waals surface area contributed by atoms with Crippen LogP contribution in [0.2, 0.25) is 0 Å². The average molecular weight is 260 g/mol. The molecule has 0 aliphatic rings. The minimum absolute atomic E-state index is 0.0749. The monoisotopic (exact) mass is 260 g/mol. The van der Waals surface area contributed by atoms with Crippen LogP contribution in [0.3, 0.4) is 0 Å². The molecule has 0 heterocycles. The fourth-order valence-electron chi connectivity index (χ4n) is 0.806. The Balaban J connectivity index is 5.23. The summed E-state index contributed by atoms with van der Waals surface area (Å²) in [6.45, 7) is 1.39. The second kappa shape index (κ2) is 6.32. The molecule has 0 spiro atoms. The van der Waals surface area contributed by atoms with Crippen molar-refractivity contribution in [2.24, 2.45) is 0 Å². The van der Waals surface area contributed by atoms with Crippen molar-refractivity contribution >= 4 is 29.5 Å². The lowest BCUT2D eigenvalue weighted by Gasteiger charge is -2.13. The van der Waals surface area contributed by atoms with Gasteiger partial charge in [0.25, 0.3) is 0 Å². The van der Waals surface area contributed by atoms with E-state index < -0.39 is 17.7 Å². The Labute approximate surface area is 94.6 Å². The Kier molecular flexibility index (Phi) is 6.19. The largest absolute Gasteiger partial charge is 0.462 e. The molecule has 0 radical (unpaired) electrons. The molecule has 2 nitrogen and oxygen atoms in total. The van der Waals surface area contributed by atoms with Crippen LogP contribution in [-0.2, 0) is 9.53 Å². The van der Waals surface area contributed by atoms with E-state index in [2.05, 4.69) is 4.74 Å². The van der Waals surface area contributed by atoms with E-state index in [4.69, 9.17) is 0 Å². The van der Waals surface area contributed by atoms with Gasteiger partial charge in [0.2, 0.25) is 0 Å². The molecule has 0 unspecified atom stereocenters. The Morgan fingerprint density at radius 2 is 1.73 bits per heavy atom. The van der Waals surface area contributed by atoms with E-state index in [9.17, 15) is 18.0 Å². The molecule has 0 atom stereocenters. The lowest BCUT2D eigenvalue weighted by atomic mass is 10.3. The molecular formula is C8H11F3O2S2. The number of thioether (sulfide) groups is 2. The Morgan fingerprint density at radius 1 is 1.27 bits per heavy atom. The normalized spacial score (nSPS) is 11.1. The summed E-state index contributed by atoms with van der Waals surface area (Å²) in [7, 11) is 0. The molecule has 7 heteroatoms. The molecule has 0 aromatic rings. The molecule has 0 amide bonds. The van der Waals surface area contributed by atoms with Gasteiger partial charge in [-0.3, -0.25) is 0 Å². The van der Waals surface area contributed by atoms with E-state index in [1.54, 1.807) is 0 Å². The third kappa shape index (κ3) is 4.38. The summed E-state index contributed by atoms with van der Waals surface area (Å²) in [5, 5.41) is 0. The third-order valence-corrected chi connectivity index (χ3v) is 3.49. The van der Waals surface area contributed by atoms with Crippen molar-refractivity contribution in [1.82, 2.24) is 0 Å². The summed E-state index contributed by atoms with van der Waals surface area (Å²) < 4.78 is 41.9. The molecule has 0 N–H and O–H groups in total. The molecule has 88 valence electrons. The van der Waals surface area contributed by atoms with Crippen molar-refractivity contribution in [1.29, 1.82) is 0 Å². The SMILES string of the molecule is CCOC(=O)C(=C(SC)SC)C(F)(F)F. The zero-order chi connectivity index (χ0) is 12.1. The van der Waals surface area contributed by atoms with Crippen LogP contribution in [0.5, 0.6) is 0 Å². The summed E-state index contributed by atoms with van der Waals surface area (Å²) in [4.78, 5) is 11.1. The van der Waals surface area contributed by atoms with Gasteiger partial charge in [0.15, 0.2) is 5.57 Å². The fraction of sp³-hybridized carbons (Fsp3) is 0.625. The Morgan fingerprint density at radius 3 is 2.00 bits per heavy atom. The first-order valence-electron chi connectivity index (χ1n) is 3.95. The van der Waals surface area contributed by atoms with Crippen LogP contribution in [0.15, 0.2) is 9.81 Å². The van der Waals surface area contributed by atoms with E-state index in [0.717, 1.165) is 23.5 Å². The average Bonchev–Trinajstić information content (AvgIpc) is 2.11. The summed E-state index contributed by atoms with van der Waals surface area (Å²) in [5.74, 6) is -1.32. The van der Waals surface area contributed by atoms with Gasteiger partial charge in [-0.1, -0.05) is 0 Å². The second-order valence-corrected chi connectivity index (χ2v) is 4.18. The number of halogens is 3. The quantitative estimate of drug-likeness (QED) is 0.573. The van der Waals surface area contributed by atoms with Crippen LogP contribution in [0.4, 0.5) is 13.2 Å². The molecule has 0 aliphatic carbocycles. The van der Waals surface area contributed by atoms with Crippen LogP contribution in [0.1, 0.15) is 6.92 Å². The van der Waals surface area contributed by atoms with Crippen molar-refractivity contribution in [3.8, 4) is 0 Å². The molecule has 0 rings (SSSR count). The van der Waals surface area contributed by atoms with Gasteiger partial charge in [0.05, 0.1) is 10.8 Å². The number of alkyl halides is 3. The second-order valence-electron chi connectivity index (χ2n) is 2.29. The maximum atomic E-state index is 12.5. The van der Waals surface area contributed by atoms with Gasteiger partial charge < -0.3 is 4.74 Å². The van der Waals surface area contributed by atoms with Gasteiger partial charge in [-0.2, -0.15) is 13.2 Å². The zero-order valence-corrected chi connectivity index (χ0v) is 10.1. The first kappa shape index (κ1) is 14.7. The molecule has 0 aromatic carbocycles. The highest BCUT2D eigenvalue weighted by atomic mass is 32.2. The van der Waals surface area contributed by atoms with Crippen LogP contribution >= 0.6 is 23.5 Å². The van der Waals surface area contributed by atoms with Crippen LogP contribution in [0, 0.1) is 0 Å². The predicted molar refractivity (Wildman–Crippen MR) is 56.7 cm³/mol. The minimum Gasteiger partial charge on any atom is -0.462 e. The molecule has 15 heavy (non-hydrogen) atoms. The number of carbonyl (C=O) groups excluding carboxylic acids is 1. The Bertz CT molecular complexity index is 255. The van der Waals surface area contributed by atoms with Gasteiger partial charge in [0, 0.05) is 0 Å². The number of rotatable bonds is 4. The maximum Gasteiger partial charge on any atom is 0.424 e. The lowest BCUT2D eigenvalue weighted by molar-refractivity contribution is -0.150. The van der Waals surface area contributed by atoms with Crippen molar-refractivity contribution in [3.05, 3.63) is 9.81 Å². The summed E-state index contributed by atoms with van der Waals surface area (Å²) >= 11 is 1.76. The minimum atomic E-state index is -4.67. The van der Waals surface area contributed by atoms with Crippen LogP contribution in [0.25, 0.3) is 0 Å². The van der Waals surface area contributed by atoms with Gasteiger partial charge in [-0.25, -0.2) is 4.79 Å². The molecule has 0 saturated heterocycles. The van der Waals surface area contributed by atoms with Crippen molar-refractivity contribution in [2.75, 3.05) is 19.1 Å². The van der Waals surface area contributed by atoms with E-state index in [1.165, 1.54) is 19.4 Å². The molecule has 0 fully saturated rings. The van der Waals surface area contributed by atoms with Gasteiger partial charge in [-0.15, -0.1) is 23.5 Å². The smallest absolute Gasteiger partial charge is 0.424 e. The summed E-state index contributed by atoms with van der Waals surface area (Å²) in [6.07, 6.45) is -1.71. The molecule has 0 saturated carbocycles. The molecule has 0 aliphatic heterocycles. The Hall–Kier alpha value is -0.300. The molecule has 0 aromatic heterocycles. The highest BCUT2D eigenvalue weighted by Gasteiger charge is 2.42. The van der Waals surface area contributed by atoms with E-state index in [0.29, 0.717) is 0 Å². The van der Waals surface area contributed by atoms with Crippen molar-refractivity contribution < 1.29 is 22.7 Å². The molecular weight excluding hydrogens is 249 g/mol. The number of hydrogen-bond acceptors (Lipinski definition) is 4. The third-order valence-electron chi connectivity index (χ3n) is 1.34. The first-order chi connectivity index (χ1) is 6.88. The van der Waals surface area contributed by atoms with E-state index in [1.807, 2.05) is 0 Å². The van der Waals surface area contributed by atoms with Gasteiger partial charge in [-0.05, 0) is 19.4 Å². The standard InChI is InChI=1S/C8H11F3O2S2/c1-4-13-6(12)5(8(9,10)11)7(14-2)15-3/h4H2,1-3H3. The first-order valence-corrected chi connectivity index (χ1v) is 6.40. The number of esters is 1. The summed E-state index contributed by atoms with van der Waals surface area (Å²) in [6, 6.07) is 0. The maximum absolute atomic E-state index is 12.5. The topological polar surface area (TPSA) is 26.3 Å². The van der Waals surface area contributed by atoms with Gasteiger partial charge >= 0.3 is 12.1 Å².